The summed E-state index contributed by atoms with van der Waals surface area (Å²) in [6.07, 6.45) is 0. The van der Waals surface area contributed by atoms with Crippen LogP contribution in [-0.2, 0) is 10.8 Å². The zero-order valence-electron chi connectivity index (χ0n) is 35.1. The first-order valence-electron chi connectivity index (χ1n) is 21.4. The van der Waals surface area contributed by atoms with E-state index in [1.165, 1.54) is 103 Å². The number of nitrogens with one attached hydrogen (secondary N) is 1. The van der Waals surface area contributed by atoms with Gasteiger partial charge in [0.25, 0.3) is 0 Å². The van der Waals surface area contributed by atoms with Crippen molar-refractivity contribution in [2.45, 2.75) is 52.4 Å². The highest BCUT2D eigenvalue weighted by atomic mass is 32.1. The molecule has 3 aromatic heterocycles. The van der Waals surface area contributed by atoms with Crippen molar-refractivity contribution in [1.82, 2.24) is 4.57 Å². The molecular weight excluding hydrogens is 760 g/mol. The zero-order chi connectivity index (χ0) is 41.1. The molecule has 0 saturated carbocycles. The van der Waals surface area contributed by atoms with Gasteiger partial charge in [-0.15, -0.1) is 11.3 Å². The summed E-state index contributed by atoms with van der Waals surface area (Å²) in [4.78, 5) is 0. The van der Waals surface area contributed by atoms with E-state index in [0.29, 0.717) is 0 Å². The molecule has 1 aliphatic carbocycles. The predicted octanol–water partition coefficient (Wildman–Crippen LogP) is 14.3. The Bertz CT molecular complexity index is 3720. The summed E-state index contributed by atoms with van der Waals surface area (Å²) in [5.74, 6) is 0. The largest absolute Gasteiger partial charge is 0.456 e. The first kappa shape index (κ1) is 35.2. The molecule has 0 spiro atoms. The number of aromatic nitrogens is 1. The van der Waals surface area contributed by atoms with Crippen molar-refractivity contribution in [3.8, 4) is 27.9 Å². The van der Waals surface area contributed by atoms with Crippen LogP contribution in [0.5, 0.6) is 0 Å². The van der Waals surface area contributed by atoms with Gasteiger partial charge in [-0.25, -0.2) is 0 Å². The van der Waals surface area contributed by atoms with Gasteiger partial charge in [-0.3, -0.25) is 0 Å². The molecule has 0 fully saturated rings. The Morgan fingerprint density at radius 1 is 0.623 bits per heavy atom. The fourth-order valence-electron chi connectivity index (χ4n) is 10.8. The van der Waals surface area contributed by atoms with Gasteiger partial charge in [-0.2, -0.15) is 0 Å². The van der Waals surface area contributed by atoms with E-state index in [4.69, 9.17) is 4.42 Å². The van der Waals surface area contributed by atoms with E-state index in [2.05, 4.69) is 198 Å². The topological polar surface area (TPSA) is 30.1 Å². The minimum absolute atomic E-state index is 0.0737. The molecule has 2 aliphatic rings. The van der Waals surface area contributed by atoms with Crippen molar-refractivity contribution in [2.24, 2.45) is 0 Å². The third-order valence-corrected chi connectivity index (χ3v) is 15.0. The molecule has 0 unspecified atom stereocenters. The second-order valence-corrected chi connectivity index (χ2v) is 20.0. The van der Waals surface area contributed by atoms with Crippen LogP contribution in [0.1, 0.15) is 56.9 Å². The number of anilines is 2. The first-order chi connectivity index (χ1) is 29.5. The standard InChI is InChI=1S/C56H42BN2OS/c1-30-23-40(37-24-36-33-13-7-10-16-42(33)56(5,6)43(36)28-45(37)58-32-21-19-31(20-22-32)55(2,3)4)53-54-52(30)41-27-49-38(34-14-8-11-17-48(34)60-49)25-46(41)59(54)47-26-39-35-15-9-12-18-50(35)61-51(39)29-44(47)57-53/h7-29,58H,1-6H3. The van der Waals surface area contributed by atoms with Gasteiger partial charge < -0.3 is 14.3 Å². The second kappa shape index (κ2) is 12.1. The molecule has 8 aromatic carbocycles. The smallest absolute Gasteiger partial charge is 0.197 e. The summed E-state index contributed by atoms with van der Waals surface area (Å²) in [7, 11) is 2.47. The third kappa shape index (κ3) is 4.87. The molecular formula is C56H42BN2OS. The van der Waals surface area contributed by atoms with E-state index in [1.807, 2.05) is 11.3 Å². The SMILES string of the molecule is Cc1cc(-c2cc3c(cc2Nc2ccc(C(C)(C)C)cc2)C(C)(C)c2ccccc2-3)c2c3c1c1cc4oc5ccccc5c4cc1n3-c1cc3c(cc1[B]2)sc1ccccc13. The molecule has 4 heterocycles. The Morgan fingerprint density at radius 3 is 2.23 bits per heavy atom. The minimum Gasteiger partial charge on any atom is -0.456 e. The molecule has 61 heavy (non-hydrogen) atoms. The summed E-state index contributed by atoms with van der Waals surface area (Å²) in [6.45, 7) is 13.9. The molecule has 13 rings (SSSR count). The van der Waals surface area contributed by atoms with Gasteiger partial charge in [-0.05, 0) is 117 Å². The highest BCUT2D eigenvalue weighted by molar-refractivity contribution is 7.26. The number of thiophene rings is 1. The molecule has 11 aromatic rings. The Balaban J connectivity index is 1.13. The van der Waals surface area contributed by atoms with Gasteiger partial charge in [0.1, 0.15) is 11.2 Å². The van der Waals surface area contributed by atoms with Gasteiger partial charge in [0.2, 0.25) is 0 Å². The van der Waals surface area contributed by atoms with Crippen molar-refractivity contribution in [3.05, 3.63) is 162 Å². The van der Waals surface area contributed by atoms with Crippen LogP contribution in [0.3, 0.4) is 0 Å². The van der Waals surface area contributed by atoms with E-state index in [0.717, 1.165) is 33.3 Å². The van der Waals surface area contributed by atoms with Crippen LogP contribution in [0.4, 0.5) is 11.4 Å². The lowest BCUT2D eigenvalue weighted by Gasteiger charge is -2.26. The Hall–Kier alpha value is -6.56. The number of benzene rings is 8. The Morgan fingerprint density at radius 2 is 1.39 bits per heavy atom. The lowest BCUT2D eigenvalue weighted by atomic mass is 9.58. The summed E-state index contributed by atoms with van der Waals surface area (Å²) in [5.41, 5.74) is 20.4. The Kier molecular flexibility index (Phi) is 6.96. The molecule has 1 radical (unpaired) electrons. The number of aryl methyl sites for hydroxylation is 1. The van der Waals surface area contributed by atoms with Gasteiger partial charge in [0.05, 0.1) is 5.52 Å². The van der Waals surface area contributed by atoms with Crippen molar-refractivity contribution >= 4 is 105 Å². The van der Waals surface area contributed by atoms with Crippen LogP contribution in [-0.4, -0.2) is 11.8 Å². The van der Waals surface area contributed by atoms with E-state index in [1.54, 1.807) is 0 Å². The van der Waals surface area contributed by atoms with Crippen molar-refractivity contribution in [1.29, 1.82) is 0 Å². The minimum atomic E-state index is -0.140. The normalized spacial score (nSPS) is 14.0. The fourth-order valence-corrected chi connectivity index (χ4v) is 11.9. The third-order valence-electron chi connectivity index (χ3n) is 13.9. The number of para-hydroxylation sites is 1. The molecule has 0 atom stereocenters. The molecule has 0 saturated heterocycles. The molecule has 0 amide bonds. The van der Waals surface area contributed by atoms with Crippen molar-refractivity contribution in [3.63, 3.8) is 0 Å². The summed E-state index contributed by atoms with van der Waals surface area (Å²) < 4.78 is 11.8. The zero-order valence-corrected chi connectivity index (χ0v) is 35.9. The molecule has 3 nitrogen and oxygen atoms in total. The number of furan rings is 1. The van der Waals surface area contributed by atoms with E-state index in [-0.39, 0.29) is 10.8 Å². The monoisotopic (exact) mass is 801 g/mol. The molecule has 5 heteroatoms. The van der Waals surface area contributed by atoms with Gasteiger partial charge in [-0.1, -0.05) is 119 Å². The van der Waals surface area contributed by atoms with Gasteiger partial charge in [0, 0.05) is 75.3 Å². The fraction of sp³-hybridized carbons (Fsp3) is 0.143. The maximum Gasteiger partial charge on any atom is 0.197 e. The average molecular weight is 802 g/mol. The lowest BCUT2D eigenvalue weighted by Crippen LogP contribution is -2.37. The van der Waals surface area contributed by atoms with Crippen LogP contribution in [0.2, 0.25) is 0 Å². The van der Waals surface area contributed by atoms with Crippen molar-refractivity contribution < 1.29 is 4.42 Å². The van der Waals surface area contributed by atoms with Gasteiger partial charge >= 0.3 is 0 Å². The van der Waals surface area contributed by atoms with Crippen LogP contribution >= 0.6 is 11.3 Å². The Labute approximate surface area is 359 Å². The number of rotatable bonds is 3. The quantitative estimate of drug-likeness (QED) is 0.180. The number of hydrogen-bond acceptors (Lipinski definition) is 3. The van der Waals surface area contributed by atoms with E-state index in [9.17, 15) is 0 Å². The number of nitrogens with zero attached hydrogens (tertiary/aromatic N) is 1. The maximum absolute atomic E-state index is 6.56. The summed E-state index contributed by atoms with van der Waals surface area (Å²) in [5, 5.41) is 11.4. The van der Waals surface area contributed by atoms with Crippen LogP contribution < -0.4 is 16.2 Å². The number of hydrogen-bond donors (Lipinski definition) is 1. The maximum atomic E-state index is 6.56. The highest BCUT2D eigenvalue weighted by Crippen LogP contribution is 2.52. The first-order valence-corrected chi connectivity index (χ1v) is 22.2. The number of fused-ring (bicyclic) bond motifs is 14. The average Bonchev–Trinajstić information content (AvgIpc) is 3.97. The molecule has 1 aliphatic heterocycles. The van der Waals surface area contributed by atoms with Crippen molar-refractivity contribution in [2.75, 3.05) is 5.32 Å². The summed E-state index contributed by atoms with van der Waals surface area (Å²) in [6, 6.07) is 52.2. The predicted molar refractivity (Wildman–Crippen MR) is 262 cm³/mol. The highest BCUT2D eigenvalue weighted by Gasteiger charge is 2.37. The van der Waals surface area contributed by atoms with E-state index < -0.39 is 0 Å². The van der Waals surface area contributed by atoms with Crippen LogP contribution in [0.15, 0.2) is 144 Å². The summed E-state index contributed by atoms with van der Waals surface area (Å²) >= 11 is 1.88. The molecule has 0 bridgehead atoms. The second-order valence-electron chi connectivity index (χ2n) is 18.9. The van der Waals surface area contributed by atoms with Crippen LogP contribution in [0.25, 0.3) is 91.9 Å². The van der Waals surface area contributed by atoms with Gasteiger partial charge in [0.15, 0.2) is 7.28 Å². The van der Waals surface area contributed by atoms with Crippen LogP contribution in [0, 0.1) is 6.92 Å². The molecule has 291 valence electrons. The van der Waals surface area contributed by atoms with E-state index >= 15 is 0 Å². The lowest BCUT2D eigenvalue weighted by molar-refractivity contribution is 0.590. The molecule has 1 N–H and O–H groups in total.